The summed E-state index contributed by atoms with van der Waals surface area (Å²) in [6, 6.07) is 16.9. The zero-order valence-electron chi connectivity index (χ0n) is 20.6. The molecule has 2 aliphatic heterocycles. The number of nitrogens with zero attached hydrogens (tertiary/aromatic N) is 2. The molecular weight excluding hydrogens is 510 g/mol. The highest BCUT2D eigenvalue weighted by atomic mass is 35.5. The van der Waals surface area contributed by atoms with Gasteiger partial charge in [0.2, 0.25) is 11.8 Å². The highest BCUT2D eigenvalue weighted by Crippen LogP contribution is 2.51. The lowest BCUT2D eigenvalue weighted by Gasteiger charge is -2.31. The number of imide groups is 1. The van der Waals surface area contributed by atoms with Gasteiger partial charge >= 0.3 is 5.97 Å². The predicted octanol–water partition coefficient (Wildman–Crippen LogP) is 4.38. The third-order valence-corrected chi connectivity index (χ3v) is 8.01. The molecule has 4 atom stereocenters. The van der Waals surface area contributed by atoms with Gasteiger partial charge in [-0.3, -0.25) is 29.8 Å². The van der Waals surface area contributed by atoms with Crippen LogP contribution in [-0.2, 0) is 20.8 Å². The Labute approximate surface area is 223 Å². The van der Waals surface area contributed by atoms with Gasteiger partial charge in [-0.1, -0.05) is 54.1 Å². The largest absolute Gasteiger partial charge is 0.480 e. The van der Waals surface area contributed by atoms with Crippen LogP contribution in [-0.4, -0.2) is 33.4 Å². The fourth-order valence-corrected chi connectivity index (χ4v) is 5.85. The molecular formula is C28H24ClN3O6. The van der Waals surface area contributed by atoms with Gasteiger partial charge in [-0.25, -0.2) is 4.90 Å². The molecule has 2 N–H and O–H groups in total. The molecule has 9 nitrogen and oxygen atoms in total. The molecule has 2 heterocycles. The molecule has 3 aromatic rings. The molecule has 38 heavy (non-hydrogen) atoms. The van der Waals surface area contributed by atoms with Gasteiger partial charge in [-0.05, 0) is 48.2 Å². The van der Waals surface area contributed by atoms with E-state index in [0.717, 1.165) is 21.6 Å². The number of hydrogen-bond donors (Lipinski definition) is 2. The molecule has 2 aliphatic rings. The van der Waals surface area contributed by atoms with E-state index in [2.05, 4.69) is 5.32 Å². The smallest absolute Gasteiger partial charge is 0.325 e. The second kappa shape index (κ2) is 9.34. The van der Waals surface area contributed by atoms with Crippen molar-refractivity contribution < 1.29 is 24.4 Å². The Hall–Kier alpha value is -4.08. The van der Waals surface area contributed by atoms with Crippen LogP contribution >= 0.6 is 11.6 Å². The fraction of sp³-hybridized carbons (Fsp3) is 0.250. The van der Waals surface area contributed by atoms with Crippen molar-refractivity contribution in [3.05, 3.63) is 104 Å². The Morgan fingerprint density at radius 2 is 1.74 bits per heavy atom. The van der Waals surface area contributed by atoms with Gasteiger partial charge in [-0.15, -0.1) is 0 Å². The minimum Gasteiger partial charge on any atom is -0.480 e. The van der Waals surface area contributed by atoms with Crippen molar-refractivity contribution in [3.8, 4) is 0 Å². The molecule has 0 aliphatic carbocycles. The van der Waals surface area contributed by atoms with Crippen molar-refractivity contribution in [2.24, 2.45) is 11.8 Å². The number of amides is 2. The molecule has 0 saturated carbocycles. The number of carbonyl (C=O) groups excluding carboxylic acids is 2. The van der Waals surface area contributed by atoms with Crippen LogP contribution in [0.15, 0.2) is 66.7 Å². The van der Waals surface area contributed by atoms with Crippen molar-refractivity contribution in [1.82, 2.24) is 5.32 Å². The SMILES string of the molecule is Cc1ccc(N2C(=O)C3C(c4ccccc4C)NC(Cc4ccc([N+](=O)[O-])cc4)(C(=O)O)C3C2=O)cc1Cl. The molecule has 194 valence electrons. The highest BCUT2D eigenvalue weighted by molar-refractivity contribution is 6.32. The van der Waals surface area contributed by atoms with Gasteiger partial charge in [0.15, 0.2) is 0 Å². The maximum atomic E-state index is 14.0. The van der Waals surface area contributed by atoms with Gasteiger partial charge in [0.05, 0.1) is 22.4 Å². The van der Waals surface area contributed by atoms with Crippen molar-refractivity contribution in [1.29, 1.82) is 0 Å². The molecule has 3 aromatic carbocycles. The zero-order valence-corrected chi connectivity index (χ0v) is 21.3. The van der Waals surface area contributed by atoms with E-state index in [4.69, 9.17) is 11.6 Å². The molecule has 2 saturated heterocycles. The number of carboxylic acids is 1. The first kappa shape index (κ1) is 25.6. The summed E-state index contributed by atoms with van der Waals surface area (Å²) >= 11 is 6.30. The van der Waals surface area contributed by atoms with Crippen LogP contribution in [0.5, 0.6) is 0 Å². The quantitative estimate of drug-likeness (QED) is 0.273. The number of anilines is 1. The Balaban J connectivity index is 1.65. The lowest BCUT2D eigenvalue weighted by Crippen LogP contribution is -2.57. The number of hydrogen-bond acceptors (Lipinski definition) is 6. The topological polar surface area (TPSA) is 130 Å². The summed E-state index contributed by atoms with van der Waals surface area (Å²) in [5.41, 5.74) is 1.12. The van der Waals surface area contributed by atoms with Gasteiger partial charge in [0.1, 0.15) is 5.54 Å². The molecule has 2 amide bonds. The number of carbonyl (C=O) groups is 3. The molecule has 0 bridgehead atoms. The number of benzene rings is 3. The van der Waals surface area contributed by atoms with E-state index < -0.39 is 46.1 Å². The summed E-state index contributed by atoms with van der Waals surface area (Å²) in [4.78, 5) is 52.5. The average molecular weight is 534 g/mol. The minimum absolute atomic E-state index is 0.136. The van der Waals surface area contributed by atoms with Gasteiger partial charge in [-0.2, -0.15) is 0 Å². The fourth-order valence-electron chi connectivity index (χ4n) is 5.67. The summed E-state index contributed by atoms with van der Waals surface area (Å²) in [5, 5.41) is 25.3. The summed E-state index contributed by atoms with van der Waals surface area (Å²) in [5.74, 6) is -4.64. The van der Waals surface area contributed by atoms with Crippen LogP contribution in [0.2, 0.25) is 5.02 Å². The van der Waals surface area contributed by atoms with Gasteiger partial charge < -0.3 is 5.11 Å². The van der Waals surface area contributed by atoms with E-state index in [1.54, 1.807) is 25.1 Å². The standard InChI is InChI=1S/C28H24ClN3O6/c1-15-5-3-4-6-20(15)24-22-23(26(34)31(25(22)33)19-10-7-16(2)21(29)13-19)28(30-24,27(35)36)14-17-8-11-18(12-9-17)32(37)38/h3-13,22-24,30H,14H2,1-2H3,(H,35,36). The molecule has 0 aromatic heterocycles. The van der Waals surface area contributed by atoms with Crippen LogP contribution in [0.25, 0.3) is 0 Å². The Bertz CT molecular complexity index is 1490. The number of halogens is 1. The molecule has 10 heteroatoms. The Morgan fingerprint density at radius 3 is 2.34 bits per heavy atom. The first-order chi connectivity index (χ1) is 18.0. The number of carboxylic acid groups (broad SMARTS) is 1. The first-order valence-electron chi connectivity index (χ1n) is 12.0. The summed E-state index contributed by atoms with van der Waals surface area (Å²) in [6.07, 6.45) is -0.161. The number of rotatable bonds is 6. The van der Waals surface area contributed by atoms with E-state index in [1.807, 2.05) is 25.1 Å². The van der Waals surface area contributed by atoms with Crippen molar-refractivity contribution in [3.63, 3.8) is 0 Å². The van der Waals surface area contributed by atoms with Crippen LogP contribution < -0.4 is 10.2 Å². The third-order valence-electron chi connectivity index (χ3n) is 7.60. The number of nitro groups is 1. The second-order valence-corrected chi connectivity index (χ2v) is 10.2. The van der Waals surface area contributed by atoms with E-state index in [-0.39, 0.29) is 17.8 Å². The minimum atomic E-state index is -1.84. The Morgan fingerprint density at radius 1 is 1.05 bits per heavy atom. The second-order valence-electron chi connectivity index (χ2n) is 9.80. The normalized spacial score (nSPS) is 24.5. The number of nitrogens with one attached hydrogen (secondary N) is 1. The zero-order chi connectivity index (χ0) is 27.4. The molecule has 4 unspecified atom stereocenters. The van der Waals surface area contributed by atoms with Crippen molar-refractivity contribution in [2.75, 3.05) is 4.90 Å². The van der Waals surface area contributed by atoms with Crippen molar-refractivity contribution in [2.45, 2.75) is 31.8 Å². The van der Waals surface area contributed by atoms with Crippen LogP contribution in [0.4, 0.5) is 11.4 Å². The van der Waals surface area contributed by atoms with E-state index in [0.29, 0.717) is 10.6 Å². The van der Waals surface area contributed by atoms with Crippen LogP contribution in [0.3, 0.4) is 0 Å². The number of fused-ring (bicyclic) bond motifs is 1. The van der Waals surface area contributed by atoms with Crippen molar-refractivity contribution >= 4 is 40.8 Å². The molecule has 0 radical (unpaired) electrons. The number of aliphatic carboxylic acids is 1. The molecule has 0 spiro atoms. The average Bonchev–Trinajstić information content (AvgIpc) is 3.35. The monoisotopic (exact) mass is 533 g/mol. The number of nitro benzene ring substituents is 1. The lowest BCUT2D eigenvalue weighted by atomic mass is 9.76. The lowest BCUT2D eigenvalue weighted by molar-refractivity contribution is -0.384. The van der Waals surface area contributed by atoms with E-state index in [1.165, 1.54) is 30.3 Å². The van der Waals surface area contributed by atoms with E-state index >= 15 is 0 Å². The van der Waals surface area contributed by atoms with Crippen LogP contribution in [0.1, 0.15) is 28.3 Å². The highest BCUT2D eigenvalue weighted by Gasteiger charge is 2.68. The third kappa shape index (κ3) is 3.95. The van der Waals surface area contributed by atoms with Gasteiger partial charge in [0, 0.05) is 29.6 Å². The maximum absolute atomic E-state index is 14.0. The summed E-state index contributed by atoms with van der Waals surface area (Å²) in [6.45, 7) is 3.66. The first-order valence-corrected chi connectivity index (χ1v) is 12.4. The molecule has 5 rings (SSSR count). The van der Waals surface area contributed by atoms with E-state index in [9.17, 15) is 29.6 Å². The summed E-state index contributed by atoms with van der Waals surface area (Å²) in [7, 11) is 0. The maximum Gasteiger partial charge on any atom is 0.325 e. The molecule has 2 fully saturated rings. The number of non-ortho nitro benzene ring substituents is 1. The van der Waals surface area contributed by atoms with Gasteiger partial charge in [0.25, 0.3) is 5.69 Å². The predicted molar refractivity (Wildman–Crippen MR) is 140 cm³/mol. The van der Waals surface area contributed by atoms with Crippen LogP contribution in [0, 0.1) is 35.8 Å². The number of aryl methyl sites for hydroxylation is 2. The Kier molecular flexibility index (Phi) is 6.28. The summed E-state index contributed by atoms with van der Waals surface area (Å²) < 4.78 is 0.